The van der Waals surface area contributed by atoms with Crippen LogP contribution in [0.1, 0.15) is 16.2 Å². The average molecular weight is 417 g/mol. The quantitative estimate of drug-likeness (QED) is 0.389. The van der Waals surface area contributed by atoms with Crippen LogP contribution in [0.15, 0.2) is 47.6 Å². The van der Waals surface area contributed by atoms with Gasteiger partial charge in [-0.2, -0.15) is 0 Å². The van der Waals surface area contributed by atoms with Crippen molar-refractivity contribution in [3.63, 3.8) is 0 Å². The van der Waals surface area contributed by atoms with E-state index >= 15 is 0 Å². The zero-order valence-electron chi connectivity index (χ0n) is 16.2. The summed E-state index contributed by atoms with van der Waals surface area (Å²) in [6.45, 7) is 0.230. The van der Waals surface area contributed by atoms with Gasteiger partial charge in [0.25, 0.3) is 0 Å². The number of hydrogen-bond acceptors (Lipinski definition) is 7. The van der Waals surface area contributed by atoms with Crippen LogP contribution in [-0.2, 0) is 13.7 Å². The predicted molar refractivity (Wildman–Crippen MR) is 106 cm³/mol. The summed E-state index contributed by atoms with van der Waals surface area (Å²) in [5.41, 5.74) is 0.279. The summed E-state index contributed by atoms with van der Waals surface area (Å²) in [6.07, 6.45) is 0. The number of carbonyl (C=O) groups is 1. The summed E-state index contributed by atoms with van der Waals surface area (Å²) in [4.78, 5) is 12.3. The van der Waals surface area contributed by atoms with Crippen molar-refractivity contribution in [1.29, 1.82) is 0 Å². The van der Waals surface area contributed by atoms with E-state index in [0.29, 0.717) is 16.7 Å². The standard InChI is InChI=1S/C20H20FN3O4S/c1-24-19(11-28-15-7-5-14(26-2)6-8-15)22-23-20(24)29-12-17(25)13-4-9-18(27-3)16(21)10-13/h4-10H,11-12H2,1-3H3. The summed E-state index contributed by atoms with van der Waals surface area (Å²) in [6, 6.07) is 11.4. The van der Waals surface area contributed by atoms with Gasteiger partial charge in [-0.3, -0.25) is 4.79 Å². The van der Waals surface area contributed by atoms with Crippen molar-refractivity contribution in [3.05, 3.63) is 59.7 Å². The maximum Gasteiger partial charge on any atom is 0.191 e. The zero-order chi connectivity index (χ0) is 20.8. The van der Waals surface area contributed by atoms with Crippen LogP contribution < -0.4 is 14.2 Å². The normalized spacial score (nSPS) is 10.6. The Morgan fingerprint density at radius 2 is 1.79 bits per heavy atom. The fraction of sp³-hybridized carbons (Fsp3) is 0.250. The van der Waals surface area contributed by atoms with Crippen LogP contribution in [-0.4, -0.2) is 40.5 Å². The van der Waals surface area contributed by atoms with Crippen LogP contribution in [0.4, 0.5) is 4.39 Å². The van der Waals surface area contributed by atoms with Crippen molar-refractivity contribution in [3.8, 4) is 17.2 Å². The number of thioether (sulfide) groups is 1. The Bertz CT molecular complexity index is 992. The Labute approximate surface area is 171 Å². The smallest absolute Gasteiger partial charge is 0.191 e. The molecule has 0 bridgehead atoms. The zero-order valence-corrected chi connectivity index (χ0v) is 17.0. The summed E-state index contributed by atoms with van der Waals surface area (Å²) >= 11 is 1.23. The van der Waals surface area contributed by atoms with Crippen molar-refractivity contribution in [2.24, 2.45) is 7.05 Å². The van der Waals surface area contributed by atoms with Crippen LogP contribution >= 0.6 is 11.8 Å². The lowest BCUT2D eigenvalue weighted by molar-refractivity contribution is 0.102. The van der Waals surface area contributed by atoms with Crippen molar-refractivity contribution >= 4 is 17.5 Å². The molecule has 0 radical (unpaired) electrons. The van der Waals surface area contributed by atoms with Gasteiger partial charge in [0.1, 0.15) is 18.1 Å². The largest absolute Gasteiger partial charge is 0.497 e. The number of Topliss-reactive ketones (excluding diaryl/α,β-unsaturated/α-hetero) is 1. The van der Waals surface area contributed by atoms with Crippen molar-refractivity contribution in [2.45, 2.75) is 11.8 Å². The summed E-state index contributed by atoms with van der Waals surface area (Å²) < 4.78 is 31.2. The molecule has 2 aromatic carbocycles. The number of hydrogen-bond donors (Lipinski definition) is 0. The fourth-order valence-electron chi connectivity index (χ4n) is 2.47. The Hall–Kier alpha value is -3.07. The second-order valence-electron chi connectivity index (χ2n) is 5.98. The monoisotopic (exact) mass is 417 g/mol. The highest BCUT2D eigenvalue weighted by molar-refractivity contribution is 7.99. The number of nitrogens with zero attached hydrogens (tertiary/aromatic N) is 3. The van der Waals surface area contributed by atoms with Crippen LogP contribution in [0.3, 0.4) is 0 Å². The van der Waals surface area contributed by atoms with E-state index in [9.17, 15) is 9.18 Å². The molecule has 3 rings (SSSR count). The molecule has 0 aliphatic rings. The van der Waals surface area contributed by atoms with E-state index in [1.165, 1.54) is 37.1 Å². The highest BCUT2D eigenvalue weighted by Crippen LogP contribution is 2.22. The number of methoxy groups -OCH3 is 2. The van der Waals surface area contributed by atoms with E-state index in [2.05, 4.69) is 10.2 Å². The van der Waals surface area contributed by atoms with Gasteiger partial charge in [-0.1, -0.05) is 11.8 Å². The molecule has 9 heteroatoms. The SMILES string of the molecule is COc1ccc(OCc2nnc(SCC(=O)c3ccc(OC)c(F)c3)n2C)cc1. The molecular formula is C20H20FN3O4S. The first kappa shape index (κ1) is 20.7. The van der Waals surface area contributed by atoms with Gasteiger partial charge in [0.05, 0.1) is 20.0 Å². The maximum absolute atomic E-state index is 13.8. The Kier molecular flexibility index (Phi) is 6.71. The van der Waals surface area contributed by atoms with Crippen molar-refractivity contribution in [2.75, 3.05) is 20.0 Å². The lowest BCUT2D eigenvalue weighted by Gasteiger charge is -2.07. The Balaban J connectivity index is 1.57. The Morgan fingerprint density at radius 1 is 1.07 bits per heavy atom. The molecule has 0 fully saturated rings. The topological polar surface area (TPSA) is 75.5 Å². The van der Waals surface area contributed by atoms with Gasteiger partial charge < -0.3 is 18.8 Å². The first-order valence-electron chi connectivity index (χ1n) is 8.66. The number of aromatic nitrogens is 3. The molecular weight excluding hydrogens is 397 g/mol. The molecule has 7 nitrogen and oxygen atoms in total. The number of carbonyl (C=O) groups excluding carboxylic acids is 1. The van der Waals surface area contributed by atoms with Gasteiger partial charge in [-0.05, 0) is 42.5 Å². The molecule has 1 heterocycles. The second-order valence-corrected chi connectivity index (χ2v) is 6.93. The molecule has 0 aliphatic carbocycles. The molecule has 1 aromatic heterocycles. The molecule has 0 saturated heterocycles. The average Bonchev–Trinajstić information content (AvgIpc) is 3.10. The molecule has 0 unspecified atom stereocenters. The van der Waals surface area contributed by atoms with Crippen LogP contribution in [0.5, 0.6) is 17.2 Å². The van der Waals surface area contributed by atoms with Gasteiger partial charge in [-0.25, -0.2) is 4.39 Å². The van der Waals surface area contributed by atoms with E-state index in [0.717, 1.165) is 5.75 Å². The summed E-state index contributed by atoms with van der Waals surface area (Å²) in [5, 5.41) is 8.77. The number of halogens is 1. The molecule has 152 valence electrons. The lowest BCUT2D eigenvalue weighted by Crippen LogP contribution is -2.06. The number of benzene rings is 2. The fourth-order valence-corrected chi connectivity index (χ4v) is 3.29. The molecule has 0 N–H and O–H groups in total. The van der Waals surface area contributed by atoms with Gasteiger partial charge in [0.2, 0.25) is 0 Å². The minimum absolute atomic E-state index is 0.101. The van der Waals surface area contributed by atoms with Gasteiger partial charge in [0.15, 0.2) is 28.3 Å². The molecule has 3 aromatic rings. The van der Waals surface area contributed by atoms with E-state index in [4.69, 9.17) is 14.2 Å². The third-order valence-electron chi connectivity index (χ3n) is 4.16. The van der Waals surface area contributed by atoms with E-state index in [-0.39, 0.29) is 29.5 Å². The summed E-state index contributed by atoms with van der Waals surface area (Å²) in [5.74, 6) is 1.47. The second kappa shape index (κ2) is 9.42. The van der Waals surface area contributed by atoms with Crippen LogP contribution in [0.25, 0.3) is 0 Å². The number of rotatable bonds is 9. The van der Waals surface area contributed by atoms with Crippen LogP contribution in [0, 0.1) is 5.82 Å². The minimum Gasteiger partial charge on any atom is -0.497 e. The summed E-state index contributed by atoms with van der Waals surface area (Å²) in [7, 11) is 4.77. The first-order chi connectivity index (χ1) is 14.0. The highest BCUT2D eigenvalue weighted by Gasteiger charge is 2.14. The number of ketones is 1. The first-order valence-corrected chi connectivity index (χ1v) is 9.65. The third-order valence-corrected chi connectivity index (χ3v) is 5.18. The predicted octanol–water partition coefficient (Wildman–Crippen LogP) is 3.53. The highest BCUT2D eigenvalue weighted by atomic mass is 32.2. The van der Waals surface area contributed by atoms with E-state index in [1.54, 1.807) is 43.0 Å². The maximum atomic E-state index is 13.8. The molecule has 0 aliphatic heterocycles. The number of ether oxygens (including phenoxy) is 3. The van der Waals surface area contributed by atoms with Gasteiger partial charge in [0, 0.05) is 12.6 Å². The van der Waals surface area contributed by atoms with E-state index < -0.39 is 5.82 Å². The molecule has 0 spiro atoms. The van der Waals surface area contributed by atoms with Crippen molar-refractivity contribution in [1.82, 2.24) is 14.8 Å². The van der Waals surface area contributed by atoms with E-state index in [1.807, 2.05) is 0 Å². The third kappa shape index (κ3) is 5.05. The van der Waals surface area contributed by atoms with Gasteiger partial charge >= 0.3 is 0 Å². The molecule has 0 atom stereocenters. The minimum atomic E-state index is -0.569. The van der Waals surface area contributed by atoms with Gasteiger partial charge in [-0.15, -0.1) is 10.2 Å². The molecule has 0 saturated carbocycles. The van der Waals surface area contributed by atoms with Crippen LogP contribution in [0.2, 0.25) is 0 Å². The Morgan fingerprint density at radius 3 is 2.45 bits per heavy atom. The lowest BCUT2D eigenvalue weighted by atomic mass is 10.1. The van der Waals surface area contributed by atoms with Crippen molar-refractivity contribution < 1.29 is 23.4 Å². The molecule has 0 amide bonds. The molecule has 29 heavy (non-hydrogen) atoms.